The first kappa shape index (κ1) is 19.6. The number of piperidine rings is 1. The Hall–Kier alpha value is -2.69. The van der Waals surface area contributed by atoms with Gasteiger partial charge in [0.25, 0.3) is 5.91 Å². The van der Waals surface area contributed by atoms with Crippen molar-refractivity contribution in [2.75, 3.05) is 19.6 Å². The first-order valence-corrected chi connectivity index (χ1v) is 10.6. The summed E-state index contributed by atoms with van der Waals surface area (Å²) in [4.78, 5) is 34.1. The lowest BCUT2D eigenvalue weighted by Crippen LogP contribution is -2.50. The fourth-order valence-electron chi connectivity index (χ4n) is 4.63. The van der Waals surface area contributed by atoms with Gasteiger partial charge in [-0.15, -0.1) is 0 Å². The van der Waals surface area contributed by atoms with Crippen LogP contribution >= 0.6 is 0 Å². The Bertz CT molecular complexity index is 879. The molecule has 29 heavy (non-hydrogen) atoms. The summed E-state index contributed by atoms with van der Waals surface area (Å²) in [7, 11) is 0. The van der Waals surface area contributed by atoms with E-state index in [0.717, 1.165) is 25.8 Å². The third-order valence-corrected chi connectivity index (χ3v) is 6.39. The van der Waals surface area contributed by atoms with Gasteiger partial charge in [-0.3, -0.25) is 14.6 Å². The Kier molecular flexibility index (Phi) is 5.39. The molecule has 2 aromatic rings. The fourth-order valence-corrected chi connectivity index (χ4v) is 4.63. The number of amides is 2. The molecule has 0 bridgehead atoms. The summed E-state index contributed by atoms with van der Waals surface area (Å²) in [6.45, 7) is 6.97. The fraction of sp³-hybridized carbons (Fsp3) is 0.458. The number of benzene rings is 1. The number of rotatable bonds is 4. The molecule has 0 N–H and O–H groups in total. The van der Waals surface area contributed by atoms with Crippen LogP contribution in [0.25, 0.3) is 0 Å². The molecule has 1 spiro atoms. The number of pyridine rings is 1. The predicted octanol–water partition coefficient (Wildman–Crippen LogP) is 3.86. The zero-order chi connectivity index (χ0) is 20.4. The molecular formula is C24H29N3O2. The van der Waals surface area contributed by atoms with Crippen LogP contribution in [-0.4, -0.2) is 46.2 Å². The summed E-state index contributed by atoms with van der Waals surface area (Å²) in [6, 6.07) is 12.2. The lowest BCUT2D eigenvalue weighted by atomic mass is 9.78. The standard InChI is InChI=1S/C24H29N3O2/c1-18(2)20-8-6-19(7-9-20)16-26-13-4-10-24(23(26)29)11-14-27(17-24)22(28)21-5-3-12-25-15-21/h3,5-9,12,15,18H,4,10-11,13-14,16-17H2,1-2H3/t24-/m1/s1. The second kappa shape index (κ2) is 7.97. The van der Waals surface area contributed by atoms with E-state index in [-0.39, 0.29) is 11.8 Å². The maximum absolute atomic E-state index is 13.4. The van der Waals surface area contributed by atoms with Crippen molar-refractivity contribution in [1.29, 1.82) is 0 Å². The Labute approximate surface area is 172 Å². The molecule has 2 aliphatic heterocycles. The van der Waals surface area contributed by atoms with Gasteiger partial charge >= 0.3 is 0 Å². The lowest BCUT2D eigenvalue weighted by molar-refractivity contribution is -0.146. The minimum absolute atomic E-state index is 0.0239. The zero-order valence-corrected chi connectivity index (χ0v) is 17.3. The number of hydrogen-bond donors (Lipinski definition) is 0. The van der Waals surface area contributed by atoms with Crippen molar-refractivity contribution in [2.24, 2.45) is 5.41 Å². The van der Waals surface area contributed by atoms with Crippen LogP contribution in [0.15, 0.2) is 48.8 Å². The highest BCUT2D eigenvalue weighted by atomic mass is 16.2. The van der Waals surface area contributed by atoms with E-state index in [0.29, 0.717) is 31.1 Å². The largest absolute Gasteiger partial charge is 0.338 e. The summed E-state index contributed by atoms with van der Waals surface area (Å²) < 4.78 is 0. The molecule has 1 atom stereocenters. The molecular weight excluding hydrogens is 362 g/mol. The van der Waals surface area contributed by atoms with Gasteiger partial charge in [0, 0.05) is 38.6 Å². The van der Waals surface area contributed by atoms with Crippen LogP contribution in [0.1, 0.15) is 60.5 Å². The molecule has 5 nitrogen and oxygen atoms in total. The van der Waals surface area contributed by atoms with Crippen molar-refractivity contribution in [3.63, 3.8) is 0 Å². The second-order valence-electron chi connectivity index (χ2n) is 8.73. The third-order valence-electron chi connectivity index (χ3n) is 6.39. The number of nitrogens with zero attached hydrogens (tertiary/aromatic N) is 3. The van der Waals surface area contributed by atoms with E-state index in [2.05, 4.69) is 43.1 Å². The van der Waals surface area contributed by atoms with Crippen LogP contribution < -0.4 is 0 Å². The molecule has 3 heterocycles. The van der Waals surface area contributed by atoms with Gasteiger partial charge in [-0.1, -0.05) is 38.1 Å². The average molecular weight is 392 g/mol. The van der Waals surface area contributed by atoms with Gasteiger partial charge in [0.2, 0.25) is 5.91 Å². The van der Waals surface area contributed by atoms with Gasteiger partial charge in [0.1, 0.15) is 0 Å². The van der Waals surface area contributed by atoms with Crippen LogP contribution in [0.3, 0.4) is 0 Å². The molecule has 2 aliphatic rings. The quantitative estimate of drug-likeness (QED) is 0.795. The minimum Gasteiger partial charge on any atom is -0.338 e. The van der Waals surface area contributed by atoms with Crippen LogP contribution in [0.5, 0.6) is 0 Å². The van der Waals surface area contributed by atoms with Gasteiger partial charge in [-0.2, -0.15) is 0 Å². The van der Waals surface area contributed by atoms with Crippen molar-refractivity contribution in [2.45, 2.75) is 45.6 Å². The third kappa shape index (κ3) is 3.91. The Morgan fingerprint density at radius 1 is 1.14 bits per heavy atom. The number of likely N-dealkylation sites (tertiary alicyclic amines) is 2. The van der Waals surface area contributed by atoms with Crippen molar-refractivity contribution < 1.29 is 9.59 Å². The normalized spacial score (nSPS) is 22.0. The molecule has 0 aliphatic carbocycles. The number of hydrogen-bond acceptors (Lipinski definition) is 3. The molecule has 0 saturated carbocycles. The van der Waals surface area contributed by atoms with E-state index in [1.54, 1.807) is 24.5 Å². The molecule has 5 heteroatoms. The molecule has 2 fully saturated rings. The lowest BCUT2D eigenvalue weighted by Gasteiger charge is -2.39. The van der Waals surface area contributed by atoms with E-state index in [4.69, 9.17) is 0 Å². The van der Waals surface area contributed by atoms with E-state index in [9.17, 15) is 9.59 Å². The highest BCUT2D eigenvalue weighted by molar-refractivity contribution is 5.95. The van der Waals surface area contributed by atoms with Gasteiger partial charge < -0.3 is 9.80 Å². The molecule has 4 rings (SSSR count). The van der Waals surface area contributed by atoms with Crippen LogP contribution in [0, 0.1) is 5.41 Å². The molecule has 1 aromatic carbocycles. The average Bonchev–Trinajstić information content (AvgIpc) is 3.17. The van der Waals surface area contributed by atoms with Gasteiger partial charge in [-0.25, -0.2) is 0 Å². The maximum Gasteiger partial charge on any atom is 0.255 e. The summed E-state index contributed by atoms with van der Waals surface area (Å²) in [5.74, 6) is 0.688. The molecule has 2 saturated heterocycles. The zero-order valence-electron chi connectivity index (χ0n) is 17.3. The molecule has 152 valence electrons. The maximum atomic E-state index is 13.4. The molecule has 0 unspecified atom stereocenters. The Morgan fingerprint density at radius 2 is 1.93 bits per heavy atom. The van der Waals surface area contributed by atoms with E-state index < -0.39 is 5.41 Å². The van der Waals surface area contributed by atoms with Crippen molar-refractivity contribution in [3.05, 3.63) is 65.5 Å². The van der Waals surface area contributed by atoms with Crippen molar-refractivity contribution in [3.8, 4) is 0 Å². The van der Waals surface area contributed by atoms with E-state index >= 15 is 0 Å². The van der Waals surface area contributed by atoms with Gasteiger partial charge in [0.05, 0.1) is 11.0 Å². The van der Waals surface area contributed by atoms with Crippen molar-refractivity contribution >= 4 is 11.8 Å². The summed E-state index contributed by atoms with van der Waals surface area (Å²) in [5, 5.41) is 0. The summed E-state index contributed by atoms with van der Waals surface area (Å²) in [5.41, 5.74) is 2.65. The molecule has 2 amide bonds. The highest BCUT2D eigenvalue weighted by Crippen LogP contribution is 2.41. The summed E-state index contributed by atoms with van der Waals surface area (Å²) >= 11 is 0. The van der Waals surface area contributed by atoms with E-state index in [1.165, 1.54) is 11.1 Å². The monoisotopic (exact) mass is 391 g/mol. The molecule has 0 radical (unpaired) electrons. The predicted molar refractivity (Wildman–Crippen MR) is 112 cm³/mol. The van der Waals surface area contributed by atoms with Crippen LogP contribution in [-0.2, 0) is 11.3 Å². The topological polar surface area (TPSA) is 53.5 Å². The van der Waals surface area contributed by atoms with E-state index in [1.807, 2.05) is 9.80 Å². The second-order valence-corrected chi connectivity index (χ2v) is 8.73. The first-order valence-electron chi connectivity index (χ1n) is 10.6. The Morgan fingerprint density at radius 3 is 2.62 bits per heavy atom. The first-order chi connectivity index (χ1) is 14.0. The van der Waals surface area contributed by atoms with Gasteiger partial charge in [-0.05, 0) is 48.4 Å². The summed E-state index contributed by atoms with van der Waals surface area (Å²) in [6.07, 6.45) is 5.87. The number of carbonyl (C=O) groups is 2. The minimum atomic E-state index is -0.423. The van der Waals surface area contributed by atoms with Crippen LogP contribution in [0.2, 0.25) is 0 Å². The van der Waals surface area contributed by atoms with Gasteiger partial charge in [0.15, 0.2) is 0 Å². The van der Waals surface area contributed by atoms with Crippen LogP contribution in [0.4, 0.5) is 0 Å². The smallest absolute Gasteiger partial charge is 0.255 e. The number of carbonyl (C=O) groups excluding carboxylic acids is 2. The SMILES string of the molecule is CC(C)c1ccc(CN2CCC[C@]3(CCN(C(=O)c4cccnc4)C3)C2=O)cc1. The number of aromatic nitrogens is 1. The Balaban J connectivity index is 1.45. The molecule has 1 aromatic heterocycles. The highest BCUT2D eigenvalue weighted by Gasteiger charge is 2.49. The van der Waals surface area contributed by atoms with Crippen molar-refractivity contribution in [1.82, 2.24) is 14.8 Å².